The molecule has 8 nitrogen and oxygen atoms in total. The van der Waals surface area contributed by atoms with Crippen LogP contribution in [0.5, 0.6) is 0 Å². The fourth-order valence-corrected chi connectivity index (χ4v) is 5.59. The van der Waals surface area contributed by atoms with E-state index in [0.717, 1.165) is 61.1 Å². The molecule has 42 heavy (non-hydrogen) atoms. The van der Waals surface area contributed by atoms with Crippen molar-refractivity contribution >= 4 is 53.8 Å². The molecule has 0 aliphatic carbocycles. The van der Waals surface area contributed by atoms with Crippen molar-refractivity contribution in [2.75, 3.05) is 0 Å². The summed E-state index contributed by atoms with van der Waals surface area (Å²) < 4.78 is 0. The van der Waals surface area contributed by atoms with Crippen molar-refractivity contribution in [3.8, 4) is 45.6 Å². The Labute approximate surface area is 252 Å². The van der Waals surface area contributed by atoms with Gasteiger partial charge in [-0.05, 0) is 0 Å². The van der Waals surface area contributed by atoms with Crippen molar-refractivity contribution in [2.45, 2.75) is 0 Å². The van der Waals surface area contributed by atoms with Gasteiger partial charge in [-0.1, -0.05) is 97.1 Å². The monoisotopic (exact) mass is 613 g/mol. The molecule has 3 aromatic heterocycles. The zero-order valence-corrected chi connectivity index (χ0v) is 25.7. The molecule has 0 fully saturated rings. The third-order valence-corrected chi connectivity index (χ3v) is 7.46. The molecule has 2 aliphatic heterocycles. The number of halogens is 1. The van der Waals surface area contributed by atoms with Gasteiger partial charge in [0.15, 0.2) is 23.3 Å². The van der Waals surface area contributed by atoms with Gasteiger partial charge in [0, 0.05) is 43.8 Å². The molecule has 0 radical (unpaired) electrons. The minimum absolute atomic E-state index is 0.597. The van der Waals surface area contributed by atoms with Crippen LogP contribution in [0, 0.1) is 0 Å². The molecule has 9 rings (SSSR count). The van der Waals surface area contributed by atoms with E-state index in [0.29, 0.717) is 45.9 Å². The van der Waals surface area contributed by atoms with Crippen molar-refractivity contribution in [2.24, 2.45) is 0 Å². The maximum Gasteiger partial charge on any atom is 0.164 e. The Balaban J connectivity index is 0.00000131. The molecule has 4 aromatic carbocycles. The third kappa shape index (κ3) is 3.85. The van der Waals surface area contributed by atoms with E-state index < -0.39 is 0 Å². The molecule has 5 heterocycles. The maximum absolute atomic E-state index is 5.02. The Kier molecular flexibility index (Phi) is 5.88. The number of rotatable bonds is 0. The molecular weight excluding hydrogens is 597 g/mol. The van der Waals surface area contributed by atoms with Gasteiger partial charge in [-0.3, -0.25) is 0 Å². The molecule has 0 unspecified atom stereocenters. The van der Waals surface area contributed by atoms with Crippen molar-refractivity contribution in [3.63, 3.8) is 0 Å². The van der Waals surface area contributed by atoms with E-state index >= 15 is 0 Å². The topological polar surface area (TPSA) is 109 Å². The first kappa shape index (κ1) is 24.9. The summed E-state index contributed by atoms with van der Waals surface area (Å²) in [5, 5.41) is 3.82. The Bertz CT molecular complexity index is 2040. The first-order chi connectivity index (χ1) is 20.8. The molecule has 10 heteroatoms. The SMILES string of the molecule is [Cl][Zn+].c1ccc2c(c1)-c1nc-2nc2[nH]c(nc3nc(nc4[nH]c(n1)c1ccccc41)-c1ccccc1-3)c1ccccc21. The fourth-order valence-electron chi connectivity index (χ4n) is 5.59. The number of nitrogens with zero attached hydrogens (tertiary/aromatic N) is 6. The molecule has 194 valence electrons. The van der Waals surface area contributed by atoms with Crippen LogP contribution in [-0.2, 0) is 17.3 Å². The predicted molar refractivity (Wildman–Crippen MR) is 162 cm³/mol. The van der Waals surface area contributed by atoms with Crippen LogP contribution in [0.3, 0.4) is 0 Å². The molecule has 0 spiro atoms. The number of benzene rings is 4. The Morgan fingerprint density at radius 2 is 0.595 bits per heavy atom. The summed E-state index contributed by atoms with van der Waals surface area (Å²) in [7, 11) is 4.76. The number of H-pyrrole nitrogens is 2. The Morgan fingerprint density at radius 1 is 0.357 bits per heavy atom. The van der Waals surface area contributed by atoms with Crippen LogP contribution in [0.1, 0.15) is 0 Å². The minimum Gasteiger partial charge on any atom is -0.324 e. The summed E-state index contributed by atoms with van der Waals surface area (Å²) in [5.74, 6) is 2.39. The van der Waals surface area contributed by atoms with Crippen LogP contribution in [0.15, 0.2) is 97.1 Å². The number of fused-ring (bicyclic) bond motifs is 20. The number of nitrogens with one attached hydrogen (secondary N) is 2. The van der Waals surface area contributed by atoms with Crippen LogP contribution >= 0.6 is 9.69 Å². The summed E-state index contributed by atoms with van der Waals surface area (Å²) in [6.07, 6.45) is 0. The van der Waals surface area contributed by atoms with Gasteiger partial charge in [-0.2, -0.15) is 0 Å². The van der Waals surface area contributed by atoms with Gasteiger partial charge in [0.05, 0.1) is 0 Å². The van der Waals surface area contributed by atoms with Gasteiger partial charge in [0.2, 0.25) is 0 Å². The van der Waals surface area contributed by atoms with Crippen LogP contribution < -0.4 is 0 Å². The summed E-state index contributed by atoms with van der Waals surface area (Å²) in [4.78, 5) is 36.8. The Hall–Kier alpha value is -4.85. The van der Waals surface area contributed by atoms with E-state index in [1.165, 1.54) is 0 Å². The van der Waals surface area contributed by atoms with Gasteiger partial charge in [0.25, 0.3) is 0 Å². The van der Waals surface area contributed by atoms with Crippen LogP contribution in [0.4, 0.5) is 0 Å². The number of hydrogen-bond acceptors (Lipinski definition) is 6. The van der Waals surface area contributed by atoms with Gasteiger partial charge in [-0.25, -0.2) is 29.9 Å². The predicted octanol–water partition coefficient (Wildman–Crippen LogP) is 7.56. The number of aromatic nitrogens is 8. The standard InChI is InChI=1S/C32H18N8.ClH.Zn/c1-2-10-18-17(9-1)25-33-26(18)38-28-21-13-5-6-14-22(21)30(35-28)40-32-24-16-8-7-15-23(24)31(36-32)39-29-20-12-4-3-11-19(20)27(34-29)37-25;;/h1-16H,(H2,33,34,35,36,37,38,39,40);1H;/q;;+2/p-1. The second kappa shape index (κ2) is 9.91. The first-order valence-corrected chi connectivity index (χ1v) is 17.2. The molecule has 0 amide bonds. The summed E-state index contributed by atoms with van der Waals surface area (Å²) in [6.45, 7) is 0. The quantitative estimate of drug-likeness (QED) is 0.171. The van der Waals surface area contributed by atoms with Gasteiger partial charge in [-0.15, -0.1) is 0 Å². The molecule has 2 aliphatic rings. The fraction of sp³-hybridized carbons (Fsp3) is 0. The van der Waals surface area contributed by atoms with Crippen LogP contribution in [0.2, 0.25) is 0 Å². The molecule has 0 atom stereocenters. The smallest absolute Gasteiger partial charge is 0.164 e. The zero-order valence-electron chi connectivity index (χ0n) is 22.0. The molecule has 0 saturated heterocycles. The molecular formula is C32H18ClN8Zn+. The van der Waals surface area contributed by atoms with Crippen LogP contribution in [0.25, 0.3) is 89.7 Å². The van der Waals surface area contributed by atoms with Crippen LogP contribution in [-0.4, -0.2) is 39.9 Å². The average molecular weight is 615 g/mol. The minimum atomic E-state index is 0.597. The second-order valence-corrected chi connectivity index (χ2v) is 9.79. The van der Waals surface area contributed by atoms with E-state index in [9.17, 15) is 0 Å². The van der Waals surface area contributed by atoms with E-state index in [4.69, 9.17) is 39.6 Å². The molecule has 7 aromatic rings. The maximum atomic E-state index is 5.02. The van der Waals surface area contributed by atoms with Crippen molar-refractivity contribution in [3.05, 3.63) is 97.1 Å². The van der Waals surface area contributed by atoms with Gasteiger partial charge >= 0.3 is 27.0 Å². The van der Waals surface area contributed by atoms with Gasteiger partial charge in [0.1, 0.15) is 22.6 Å². The van der Waals surface area contributed by atoms with Gasteiger partial charge < -0.3 is 9.97 Å². The van der Waals surface area contributed by atoms with Crippen molar-refractivity contribution in [1.29, 1.82) is 0 Å². The largest absolute Gasteiger partial charge is 0.324 e. The third-order valence-electron chi connectivity index (χ3n) is 7.46. The van der Waals surface area contributed by atoms with E-state index in [1.807, 2.05) is 97.1 Å². The normalized spacial score (nSPS) is 11.6. The first-order valence-electron chi connectivity index (χ1n) is 13.3. The Morgan fingerprint density at radius 3 is 0.857 bits per heavy atom. The van der Waals surface area contributed by atoms with E-state index in [1.54, 1.807) is 0 Å². The molecule has 8 bridgehead atoms. The molecule has 2 N–H and O–H groups in total. The van der Waals surface area contributed by atoms with E-state index in [-0.39, 0.29) is 0 Å². The van der Waals surface area contributed by atoms with Crippen molar-refractivity contribution in [1.82, 2.24) is 39.9 Å². The van der Waals surface area contributed by atoms with E-state index in [2.05, 4.69) is 9.97 Å². The van der Waals surface area contributed by atoms with Crippen molar-refractivity contribution < 1.29 is 17.3 Å². The zero-order chi connectivity index (χ0) is 28.2. The summed E-state index contributed by atoms with van der Waals surface area (Å²) in [5.41, 5.74) is 6.45. The number of aromatic amines is 2. The summed E-state index contributed by atoms with van der Waals surface area (Å²) in [6, 6.07) is 32.2. The average Bonchev–Trinajstić information content (AvgIpc) is 3.78. The second-order valence-electron chi connectivity index (χ2n) is 9.79. The number of hydrogen-bond donors (Lipinski definition) is 2. The molecule has 0 saturated carbocycles. The summed E-state index contributed by atoms with van der Waals surface area (Å²) >= 11 is 0.847.